The standard InChI is InChI=1S/C28H32N4O2/c1-2-27(33)29-26-10-6-9-24(19-26)28(34)30-25-13-11-23(12-14-25)21-32-17-15-31(16-18-32)20-22-7-4-3-5-8-22/h3-14,19H,2,15-18,20-21H2,1H3,(H,29,33)(H,30,34). The van der Waals surface area contributed by atoms with Gasteiger partial charge in [-0.2, -0.15) is 0 Å². The van der Waals surface area contributed by atoms with Crippen LogP contribution >= 0.6 is 0 Å². The quantitative estimate of drug-likeness (QED) is 0.520. The van der Waals surface area contributed by atoms with Crippen LogP contribution in [0.4, 0.5) is 11.4 Å². The highest BCUT2D eigenvalue weighted by molar-refractivity contribution is 6.05. The van der Waals surface area contributed by atoms with Crippen molar-refractivity contribution in [1.29, 1.82) is 0 Å². The third-order valence-electron chi connectivity index (χ3n) is 6.06. The van der Waals surface area contributed by atoms with Crippen LogP contribution in [0.15, 0.2) is 78.9 Å². The Morgan fingerprint density at radius 2 is 1.32 bits per heavy atom. The van der Waals surface area contributed by atoms with Crippen molar-refractivity contribution in [3.63, 3.8) is 0 Å². The van der Waals surface area contributed by atoms with Crippen LogP contribution in [-0.4, -0.2) is 47.8 Å². The van der Waals surface area contributed by atoms with Crippen molar-refractivity contribution >= 4 is 23.2 Å². The number of hydrogen-bond acceptors (Lipinski definition) is 4. The molecular weight excluding hydrogens is 424 g/mol. The van der Waals surface area contributed by atoms with Crippen molar-refractivity contribution in [3.8, 4) is 0 Å². The molecule has 1 heterocycles. The molecule has 0 aliphatic carbocycles. The fourth-order valence-corrected chi connectivity index (χ4v) is 4.09. The van der Waals surface area contributed by atoms with Gasteiger partial charge in [-0.05, 0) is 41.5 Å². The molecule has 176 valence electrons. The number of amides is 2. The van der Waals surface area contributed by atoms with E-state index >= 15 is 0 Å². The van der Waals surface area contributed by atoms with Crippen LogP contribution in [0.2, 0.25) is 0 Å². The number of piperazine rings is 1. The number of nitrogens with one attached hydrogen (secondary N) is 2. The lowest BCUT2D eigenvalue weighted by Gasteiger charge is -2.34. The molecule has 3 aromatic carbocycles. The van der Waals surface area contributed by atoms with E-state index in [4.69, 9.17) is 0 Å². The molecular formula is C28H32N4O2. The Hall–Kier alpha value is -3.48. The first kappa shape index (κ1) is 23.7. The molecule has 0 saturated carbocycles. The number of anilines is 2. The van der Waals surface area contributed by atoms with E-state index in [1.165, 1.54) is 11.1 Å². The number of rotatable bonds is 8. The van der Waals surface area contributed by atoms with E-state index in [0.717, 1.165) is 45.0 Å². The highest BCUT2D eigenvalue weighted by Crippen LogP contribution is 2.17. The molecule has 34 heavy (non-hydrogen) atoms. The van der Waals surface area contributed by atoms with Crippen molar-refractivity contribution < 1.29 is 9.59 Å². The maximum Gasteiger partial charge on any atom is 0.255 e. The predicted molar refractivity (Wildman–Crippen MR) is 137 cm³/mol. The summed E-state index contributed by atoms with van der Waals surface area (Å²) in [4.78, 5) is 29.2. The van der Waals surface area contributed by atoms with Gasteiger partial charge in [0.25, 0.3) is 5.91 Å². The van der Waals surface area contributed by atoms with Gasteiger partial charge in [0, 0.05) is 62.6 Å². The average Bonchev–Trinajstić information content (AvgIpc) is 2.87. The van der Waals surface area contributed by atoms with Crippen LogP contribution in [-0.2, 0) is 17.9 Å². The molecule has 0 aromatic heterocycles. The first-order chi connectivity index (χ1) is 16.6. The van der Waals surface area contributed by atoms with Gasteiger partial charge in [-0.15, -0.1) is 0 Å². The number of carbonyl (C=O) groups excluding carboxylic acids is 2. The summed E-state index contributed by atoms with van der Waals surface area (Å²) >= 11 is 0. The van der Waals surface area contributed by atoms with Crippen LogP contribution in [0.5, 0.6) is 0 Å². The second-order valence-corrected chi connectivity index (χ2v) is 8.67. The monoisotopic (exact) mass is 456 g/mol. The number of benzene rings is 3. The summed E-state index contributed by atoms with van der Waals surface area (Å²) < 4.78 is 0. The molecule has 1 aliphatic heterocycles. The molecule has 4 rings (SSSR count). The molecule has 0 spiro atoms. The first-order valence-electron chi connectivity index (χ1n) is 11.9. The molecule has 2 amide bonds. The van der Waals surface area contributed by atoms with Crippen LogP contribution in [0.1, 0.15) is 34.8 Å². The van der Waals surface area contributed by atoms with Crippen LogP contribution in [0, 0.1) is 0 Å². The minimum atomic E-state index is -0.199. The summed E-state index contributed by atoms with van der Waals surface area (Å²) in [6.07, 6.45) is 0.395. The normalized spacial score (nSPS) is 14.5. The molecule has 1 fully saturated rings. The Balaban J connectivity index is 1.25. The number of carbonyl (C=O) groups is 2. The average molecular weight is 457 g/mol. The summed E-state index contributed by atoms with van der Waals surface area (Å²) in [6.45, 7) is 7.96. The van der Waals surface area contributed by atoms with E-state index in [2.05, 4.69) is 62.9 Å². The van der Waals surface area contributed by atoms with Crippen molar-refractivity contribution in [2.24, 2.45) is 0 Å². The summed E-state index contributed by atoms with van der Waals surface area (Å²) in [5.74, 6) is -0.277. The molecule has 1 saturated heterocycles. The van der Waals surface area contributed by atoms with Crippen LogP contribution in [0.3, 0.4) is 0 Å². The Kier molecular flexibility index (Phi) is 8.07. The minimum Gasteiger partial charge on any atom is -0.326 e. The second-order valence-electron chi connectivity index (χ2n) is 8.67. The van der Waals surface area contributed by atoms with Gasteiger partial charge in [-0.3, -0.25) is 19.4 Å². The zero-order valence-corrected chi connectivity index (χ0v) is 19.7. The molecule has 6 heteroatoms. The van der Waals surface area contributed by atoms with E-state index in [9.17, 15) is 9.59 Å². The molecule has 6 nitrogen and oxygen atoms in total. The van der Waals surface area contributed by atoms with Crippen molar-refractivity contribution in [1.82, 2.24) is 9.80 Å². The number of hydrogen-bond donors (Lipinski definition) is 2. The maximum absolute atomic E-state index is 12.6. The SMILES string of the molecule is CCC(=O)Nc1cccc(C(=O)Nc2ccc(CN3CCN(Cc4ccccc4)CC3)cc2)c1. The summed E-state index contributed by atoms with van der Waals surface area (Å²) in [5, 5.41) is 5.73. The fraction of sp³-hybridized carbons (Fsp3) is 0.286. The highest BCUT2D eigenvalue weighted by atomic mass is 16.2. The molecule has 3 aromatic rings. The van der Waals surface area contributed by atoms with Crippen LogP contribution < -0.4 is 10.6 Å². The summed E-state index contributed by atoms with van der Waals surface area (Å²) in [5.41, 5.74) is 4.49. The summed E-state index contributed by atoms with van der Waals surface area (Å²) in [6, 6.07) is 25.6. The molecule has 0 bridgehead atoms. The van der Waals surface area contributed by atoms with Gasteiger partial charge in [-0.25, -0.2) is 0 Å². The van der Waals surface area contributed by atoms with Gasteiger partial charge in [-0.1, -0.05) is 55.5 Å². The minimum absolute atomic E-state index is 0.0780. The zero-order chi connectivity index (χ0) is 23.8. The van der Waals surface area contributed by atoms with Crippen molar-refractivity contribution in [2.45, 2.75) is 26.4 Å². The fourth-order valence-electron chi connectivity index (χ4n) is 4.09. The Labute approximate surface area is 201 Å². The van der Waals surface area contributed by atoms with E-state index < -0.39 is 0 Å². The van der Waals surface area contributed by atoms with Gasteiger partial charge in [0.05, 0.1) is 0 Å². The third kappa shape index (κ3) is 6.76. The van der Waals surface area contributed by atoms with E-state index in [-0.39, 0.29) is 11.8 Å². The first-order valence-corrected chi connectivity index (χ1v) is 11.9. The molecule has 0 radical (unpaired) electrons. The van der Waals surface area contributed by atoms with Gasteiger partial charge in [0.2, 0.25) is 5.91 Å². The van der Waals surface area contributed by atoms with Gasteiger partial charge in [0.1, 0.15) is 0 Å². The lowest BCUT2D eigenvalue weighted by molar-refractivity contribution is -0.115. The number of nitrogens with zero attached hydrogens (tertiary/aromatic N) is 2. The van der Waals surface area contributed by atoms with Gasteiger partial charge in [0.15, 0.2) is 0 Å². The maximum atomic E-state index is 12.6. The van der Waals surface area contributed by atoms with Crippen LogP contribution in [0.25, 0.3) is 0 Å². The lowest BCUT2D eigenvalue weighted by atomic mass is 10.1. The van der Waals surface area contributed by atoms with Gasteiger partial charge < -0.3 is 10.6 Å². The Morgan fingerprint density at radius 1 is 0.706 bits per heavy atom. The van der Waals surface area contributed by atoms with E-state index in [0.29, 0.717) is 17.7 Å². The van der Waals surface area contributed by atoms with Gasteiger partial charge >= 0.3 is 0 Å². The zero-order valence-electron chi connectivity index (χ0n) is 19.7. The summed E-state index contributed by atoms with van der Waals surface area (Å²) in [7, 11) is 0. The van der Waals surface area contributed by atoms with Crippen molar-refractivity contribution in [3.05, 3.63) is 95.6 Å². The van der Waals surface area contributed by atoms with E-state index in [1.54, 1.807) is 31.2 Å². The Morgan fingerprint density at radius 3 is 1.94 bits per heavy atom. The largest absolute Gasteiger partial charge is 0.326 e. The molecule has 2 N–H and O–H groups in total. The third-order valence-corrected chi connectivity index (χ3v) is 6.06. The Bertz CT molecular complexity index is 1090. The lowest BCUT2D eigenvalue weighted by Crippen LogP contribution is -2.45. The van der Waals surface area contributed by atoms with E-state index in [1.807, 2.05) is 12.1 Å². The topological polar surface area (TPSA) is 64.7 Å². The molecule has 0 unspecified atom stereocenters. The highest BCUT2D eigenvalue weighted by Gasteiger charge is 2.17. The molecule has 0 atom stereocenters. The second kappa shape index (κ2) is 11.6. The van der Waals surface area contributed by atoms with Crippen molar-refractivity contribution in [2.75, 3.05) is 36.8 Å². The predicted octanol–water partition coefficient (Wildman–Crippen LogP) is 4.61. The molecule has 1 aliphatic rings. The smallest absolute Gasteiger partial charge is 0.255 e.